The highest BCUT2D eigenvalue weighted by Gasteiger charge is 2.29. The third-order valence-electron chi connectivity index (χ3n) is 2.94. The fourth-order valence-corrected chi connectivity index (χ4v) is 2.06. The number of aromatic nitrogens is 2. The van der Waals surface area contributed by atoms with Gasteiger partial charge in [-0.1, -0.05) is 12.1 Å². The predicted octanol–water partition coefficient (Wildman–Crippen LogP) is 1.58. The van der Waals surface area contributed by atoms with Crippen molar-refractivity contribution in [3.8, 4) is 0 Å². The van der Waals surface area contributed by atoms with Crippen LogP contribution in [0.4, 0.5) is 0 Å². The molecule has 90 valence electrons. The Kier molecular flexibility index (Phi) is 2.51. The van der Waals surface area contributed by atoms with Crippen molar-refractivity contribution >= 4 is 23.0 Å². The van der Waals surface area contributed by atoms with Gasteiger partial charge in [-0.3, -0.25) is 14.6 Å². The zero-order valence-corrected chi connectivity index (χ0v) is 9.50. The SMILES string of the molecule is O=C1CC(c2cnc3ccccc3n2)CC(=O)O1. The Bertz CT molecular complexity index is 623. The lowest BCUT2D eigenvalue weighted by atomic mass is 9.96. The summed E-state index contributed by atoms with van der Waals surface area (Å²) in [6, 6.07) is 7.49. The molecule has 0 N–H and O–H groups in total. The molecular weight excluding hydrogens is 232 g/mol. The summed E-state index contributed by atoms with van der Waals surface area (Å²) >= 11 is 0. The standard InChI is InChI=1S/C13H10N2O3/c16-12-5-8(6-13(17)18-12)11-7-14-9-3-1-2-4-10(9)15-11/h1-4,7-8H,5-6H2. The Hall–Kier alpha value is -2.30. The maximum atomic E-state index is 11.2. The van der Waals surface area contributed by atoms with Gasteiger partial charge >= 0.3 is 11.9 Å². The van der Waals surface area contributed by atoms with E-state index in [1.54, 1.807) is 6.20 Å². The lowest BCUT2D eigenvalue weighted by Crippen LogP contribution is -2.24. The molecular formula is C13H10N2O3. The Morgan fingerprint density at radius 1 is 1.06 bits per heavy atom. The van der Waals surface area contributed by atoms with Crippen molar-refractivity contribution in [2.24, 2.45) is 0 Å². The van der Waals surface area contributed by atoms with Crippen LogP contribution in [0.5, 0.6) is 0 Å². The molecule has 1 fully saturated rings. The van der Waals surface area contributed by atoms with E-state index < -0.39 is 11.9 Å². The first kappa shape index (κ1) is 10.8. The van der Waals surface area contributed by atoms with Gasteiger partial charge in [0.1, 0.15) is 0 Å². The van der Waals surface area contributed by atoms with Gasteiger partial charge in [-0.05, 0) is 12.1 Å². The summed E-state index contributed by atoms with van der Waals surface area (Å²) in [6.45, 7) is 0. The van der Waals surface area contributed by atoms with Crippen LogP contribution in [0, 0.1) is 0 Å². The number of ether oxygens (including phenoxy) is 1. The second-order valence-corrected chi connectivity index (χ2v) is 4.23. The van der Waals surface area contributed by atoms with Gasteiger partial charge in [0.2, 0.25) is 0 Å². The summed E-state index contributed by atoms with van der Waals surface area (Å²) in [5.41, 5.74) is 2.23. The van der Waals surface area contributed by atoms with Crippen molar-refractivity contribution in [2.75, 3.05) is 0 Å². The van der Waals surface area contributed by atoms with E-state index >= 15 is 0 Å². The van der Waals surface area contributed by atoms with Gasteiger partial charge in [0.25, 0.3) is 0 Å². The molecule has 3 rings (SSSR count). The highest BCUT2D eigenvalue weighted by Crippen LogP contribution is 2.27. The molecule has 0 unspecified atom stereocenters. The number of benzene rings is 1. The molecule has 0 atom stereocenters. The number of fused-ring (bicyclic) bond motifs is 1. The number of cyclic esters (lactones) is 2. The monoisotopic (exact) mass is 242 g/mol. The van der Waals surface area contributed by atoms with E-state index in [0.29, 0.717) is 5.69 Å². The van der Waals surface area contributed by atoms with Crippen molar-refractivity contribution in [1.29, 1.82) is 0 Å². The molecule has 18 heavy (non-hydrogen) atoms. The van der Waals surface area contributed by atoms with Crippen LogP contribution in [0.2, 0.25) is 0 Å². The Morgan fingerprint density at radius 3 is 2.44 bits per heavy atom. The first-order chi connectivity index (χ1) is 8.72. The second-order valence-electron chi connectivity index (χ2n) is 4.23. The highest BCUT2D eigenvalue weighted by atomic mass is 16.6. The Balaban J connectivity index is 1.98. The largest absolute Gasteiger partial charge is 0.393 e. The van der Waals surface area contributed by atoms with Crippen molar-refractivity contribution in [3.05, 3.63) is 36.2 Å². The average molecular weight is 242 g/mol. The number of carbonyl (C=O) groups is 2. The Morgan fingerprint density at radius 2 is 1.72 bits per heavy atom. The molecule has 5 heteroatoms. The van der Waals surface area contributed by atoms with Crippen molar-refractivity contribution in [3.63, 3.8) is 0 Å². The summed E-state index contributed by atoms with van der Waals surface area (Å²) in [6.07, 6.45) is 1.98. The molecule has 0 radical (unpaired) electrons. The predicted molar refractivity (Wildman–Crippen MR) is 62.6 cm³/mol. The third kappa shape index (κ3) is 1.95. The molecule has 0 amide bonds. The number of nitrogens with zero attached hydrogens (tertiary/aromatic N) is 2. The number of esters is 2. The molecule has 0 bridgehead atoms. The molecule has 1 aromatic heterocycles. The van der Waals surface area contributed by atoms with Gasteiger partial charge in [-0.25, -0.2) is 4.98 Å². The van der Waals surface area contributed by atoms with Crippen LogP contribution in [0.1, 0.15) is 24.5 Å². The number of carbonyl (C=O) groups excluding carboxylic acids is 2. The van der Waals surface area contributed by atoms with Crippen molar-refractivity contribution in [1.82, 2.24) is 9.97 Å². The van der Waals surface area contributed by atoms with Crippen molar-refractivity contribution in [2.45, 2.75) is 18.8 Å². The summed E-state index contributed by atoms with van der Waals surface area (Å²) < 4.78 is 4.50. The first-order valence-corrected chi connectivity index (χ1v) is 5.67. The smallest absolute Gasteiger partial charge is 0.314 e. The van der Waals surface area contributed by atoms with E-state index in [4.69, 9.17) is 0 Å². The van der Waals surface area contributed by atoms with E-state index in [1.165, 1.54) is 0 Å². The van der Waals surface area contributed by atoms with Crippen LogP contribution >= 0.6 is 0 Å². The van der Waals surface area contributed by atoms with Gasteiger partial charge in [-0.15, -0.1) is 0 Å². The van der Waals surface area contributed by atoms with E-state index in [1.807, 2.05) is 24.3 Å². The zero-order valence-electron chi connectivity index (χ0n) is 9.50. The van der Waals surface area contributed by atoms with Crippen LogP contribution in [-0.2, 0) is 14.3 Å². The maximum absolute atomic E-state index is 11.2. The lowest BCUT2D eigenvalue weighted by Gasteiger charge is -2.18. The fraction of sp³-hybridized carbons (Fsp3) is 0.231. The molecule has 0 saturated carbocycles. The average Bonchev–Trinajstić information content (AvgIpc) is 2.37. The quantitative estimate of drug-likeness (QED) is 0.561. The van der Waals surface area contributed by atoms with Gasteiger partial charge in [-0.2, -0.15) is 0 Å². The van der Waals surface area contributed by atoms with Crippen LogP contribution in [0.15, 0.2) is 30.5 Å². The Labute approximate surface area is 103 Å². The van der Waals surface area contributed by atoms with Crippen molar-refractivity contribution < 1.29 is 14.3 Å². The molecule has 1 aromatic carbocycles. The summed E-state index contributed by atoms with van der Waals surface area (Å²) in [5.74, 6) is -1.21. The number of hydrogen-bond acceptors (Lipinski definition) is 5. The fourth-order valence-electron chi connectivity index (χ4n) is 2.06. The number of para-hydroxylation sites is 2. The molecule has 2 heterocycles. The normalized spacial score (nSPS) is 16.9. The van der Waals surface area contributed by atoms with Crippen LogP contribution in [0.25, 0.3) is 11.0 Å². The van der Waals surface area contributed by atoms with Crippen LogP contribution < -0.4 is 0 Å². The van der Waals surface area contributed by atoms with Gasteiger partial charge in [0.05, 0.1) is 29.6 Å². The molecule has 5 nitrogen and oxygen atoms in total. The van der Waals surface area contributed by atoms with Crippen LogP contribution in [0.3, 0.4) is 0 Å². The van der Waals surface area contributed by atoms with Crippen LogP contribution in [-0.4, -0.2) is 21.9 Å². The second kappa shape index (κ2) is 4.18. The van der Waals surface area contributed by atoms with Gasteiger partial charge in [0.15, 0.2) is 0 Å². The number of rotatable bonds is 1. The molecule has 1 aliphatic rings. The van der Waals surface area contributed by atoms with E-state index in [0.717, 1.165) is 11.0 Å². The molecule has 1 aliphatic heterocycles. The minimum atomic E-state index is -0.494. The van der Waals surface area contributed by atoms with Gasteiger partial charge < -0.3 is 4.74 Å². The molecule has 0 spiro atoms. The van der Waals surface area contributed by atoms with Gasteiger partial charge in [0, 0.05) is 12.1 Å². The maximum Gasteiger partial charge on any atom is 0.314 e. The zero-order chi connectivity index (χ0) is 12.5. The third-order valence-corrected chi connectivity index (χ3v) is 2.94. The highest BCUT2D eigenvalue weighted by molar-refractivity contribution is 5.89. The first-order valence-electron chi connectivity index (χ1n) is 5.67. The minimum Gasteiger partial charge on any atom is -0.393 e. The summed E-state index contributed by atoms with van der Waals surface area (Å²) in [5, 5.41) is 0. The lowest BCUT2D eigenvalue weighted by molar-refractivity contribution is -0.164. The number of hydrogen-bond donors (Lipinski definition) is 0. The molecule has 0 aliphatic carbocycles. The minimum absolute atomic E-state index is 0.179. The van der Waals surface area contributed by atoms with E-state index in [-0.39, 0.29) is 18.8 Å². The van der Waals surface area contributed by atoms with E-state index in [9.17, 15) is 9.59 Å². The molecule has 1 saturated heterocycles. The molecule has 2 aromatic rings. The summed E-state index contributed by atoms with van der Waals surface area (Å²) in [4.78, 5) is 31.2. The topological polar surface area (TPSA) is 69.2 Å². The van der Waals surface area contributed by atoms with E-state index in [2.05, 4.69) is 14.7 Å². The summed E-state index contributed by atoms with van der Waals surface area (Å²) in [7, 11) is 0.